The fourth-order valence-electron chi connectivity index (χ4n) is 1.90. The van der Waals surface area contributed by atoms with Gasteiger partial charge in [0.2, 0.25) is 5.91 Å². The van der Waals surface area contributed by atoms with E-state index in [-0.39, 0.29) is 24.3 Å². The molecule has 2 amide bonds. The van der Waals surface area contributed by atoms with Gasteiger partial charge in [-0.1, -0.05) is 13.8 Å². The molecule has 0 aliphatic rings. The summed E-state index contributed by atoms with van der Waals surface area (Å²) in [5.41, 5.74) is 0.467. The van der Waals surface area contributed by atoms with Crippen molar-refractivity contribution in [2.75, 3.05) is 20.3 Å². The minimum atomic E-state index is -0.617. The SMILES string of the molecule is COc1ccc(C(=O)NC(C(=O)NCCCO)C(C)C)cc1. The van der Waals surface area contributed by atoms with Gasteiger partial charge in [-0.2, -0.15) is 0 Å². The smallest absolute Gasteiger partial charge is 0.251 e. The Morgan fingerprint density at radius 1 is 1.23 bits per heavy atom. The molecule has 1 aromatic rings. The molecule has 3 N–H and O–H groups in total. The molecule has 0 radical (unpaired) electrons. The van der Waals surface area contributed by atoms with Crippen molar-refractivity contribution >= 4 is 11.8 Å². The second-order valence-corrected chi connectivity index (χ2v) is 5.29. The van der Waals surface area contributed by atoms with Gasteiger partial charge in [0.25, 0.3) is 5.91 Å². The van der Waals surface area contributed by atoms with Crippen molar-refractivity contribution in [2.45, 2.75) is 26.3 Å². The van der Waals surface area contributed by atoms with Gasteiger partial charge in [0.05, 0.1) is 7.11 Å². The van der Waals surface area contributed by atoms with E-state index in [0.717, 1.165) is 0 Å². The van der Waals surface area contributed by atoms with Crippen molar-refractivity contribution in [3.63, 3.8) is 0 Å². The van der Waals surface area contributed by atoms with E-state index in [4.69, 9.17) is 9.84 Å². The standard InChI is InChI=1S/C16H24N2O4/c1-11(2)14(16(21)17-9-4-10-19)18-15(20)12-5-7-13(22-3)8-6-12/h5-8,11,14,19H,4,9-10H2,1-3H3,(H,17,21)(H,18,20). The third-order valence-electron chi connectivity index (χ3n) is 3.22. The van der Waals surface area contributed by atoms with E-state index >= 15 is 0 Å². The number of methoxy groups -OCH3 is 1. The first-order valence-electron chi connectivity index (χ1n) is 7.33. The van der Waals surface area contributed by atoms with E-state index in [2.05, 4.69) is 10.6 Å². The van der Waals surface area contributed by atoms with Crippen LogP contribution >= 0.6 is 0 Å². The highest BCUT2D eigenvalue weighted by Gasteiger charge is 2.24. The maximum Gasteiger partial charge on any atom is 0.251 e. The topological polar surface area (TPSA) is 87.7 Å². The molecule has 0 saturated carbocycles. The summed E-state index contributed by atoms with van der Waals surface area (Å²) < 4.78 is 5.05. The largest absolute Gasteiger partial charge is 0.497 e. The average Bonchev–Trinajstić information content (AvgIpc) is 2.52. The van der Waals surface area contributed by atoms with Crippen LogP contribution in [0.25, 0.3) is 0 Å². The zero-order chi connectivity index (χ0) is 16.5. The van der Waals surface area contributed by atoms with Crippen LogP contribution in [0, 0.1) is 5.92 Å². The van der Waals surface area contributed by atoms with Gasteiger partial charge in [-0.25, -0.2) is 0 Å². The molecule has 0 saturated heterocycles. The lowest BCUT2D eigenvalue weighted by Crippen LogP contribution is -2.49. The molecule has 22 heavy (non-hydrogen) atoms. The number of hydrogen-bond donors (Lipinski definition) is 3. The molecule has 0 spiro atoms. The lowest BCUT2D eigenvalue weighted by Gasteiger charge is -2.21. The van der Waals surface area contributed by atoms with Gasteiger partial charge in [0.1, 0.15) is 11.8 Å². The Morgan fingerprint density at radius 3 is 2.36 bits per heavy atom. The molecule has 1 unspecified atom stereocenters. The normalized spacial score (nSPS) is 11.9. The van der Waals surface area contributed by atoms with E-state index in [0.29, 0.717) is 24.3 Å². The monoisotopic (exact) mass is 308 g/mol. The van der Waals surface area contributed by atoms with Crippen LogP contribution in [0.5, 0.6) is 5.75 Å². The maximum absolute atomic E-state index is 12.2. The molecule has 0 aliphatic carbocycles. The Bertz CT molecular complexity index is 485. The maximum atomic E-state index is 12.2. The van der Waals surface area contributed by atoms with Gasteiger partial charge in [-0.3, -0.25) is 9.59 Å². The van der Waals surface area contributed by atoms with Crippen LogP contribution in [0.3, 0.4) is 0 Å². The summed E-state index contributed by atoms with van der Waals surface area (Å²) in [4.78, 5) is 24.3. The third kappa shape index (κ3) is 5.37. The Labute approximate surface area is 130 Å². The van der Waals surface area contributed by atoms with Crippen molar-refractivity contribution in [1.29, 1.82) is 0 Å². The fraction of sp³-hybridized carbons (Fsp3) is 0.500. The number of aliphatic hydroxyl groups excluding tert-OH is 1. The molecule has 0 heterocycles. The van der Waals surface area contributed by atoms with Gasteiger partial charge in [0, 0.05) is 18.7 Å². The number of hydrogen-bond acceptors (Lipinski definition) is 4. The number of carbonyl (C=O) groups excluding carboxylic acids is 2. The number of ether oxygens (including phenoxy) is 1. The van der Waals surface area contributed by atoms with E-state index in [1.165, 1.54) is 0 Å². The second kappa shape index (κ2) is 9.04. The first kappa shape index (κ1) is 18.0. The lowest BCUT2D eigenvalue weighted by molar-refractivity contribution is -0.123. The summed E-state index contributed by atoms with van der Waals surface area (Å²) in [6, 6.07) is 6.07. The summed E-state index contributed by atoms with van der Waals surface area (Å²) in [5.74, 6) is 0.0685. The van der Waals surface area contributed by atoms with Crippen LogP contribution in [-0.4, -0.2) is 43.2 Å². The first-order valence-corrected chi connectivity index (χ1v) is 7.33. The van der Waals surface area contributed by atoms with Gasteiger partial charge < -0.3 is 20.5 Å². The molecular formula is C16H24N2O4. The van der Waals surface area contributed by atoms with Crippen molar-refractivity contribution in [2.24, 2.45) is 5.92 Å². The number of aliphatic hydroxyl groups is 1. The molecule has 0 aliphatic heterocycles. The number of carbonyl (C=O) groups is 2. The van der Waals surface area contributed by atoms with Crippen LogP contribution < -0.4 is 15.4 Å². The molecule has 0 bridgehead atoms. The van der Waals surface area contributed by atoms with Crippen LogP contribution in [0.15, 0.2) is 24.3 Å². The zero-order valence-electron chi connectivity index (χ0n) is 13.3. The highest BCUT2D eigenvalue weighted by molar-refractivity contribution is 5.97. The van der Waals surface area contributed by atoms with Gasteiger partial charge >= 0.3 is 0 Å². The Kier molecular flexibility index (Phi) is 7.39. The number of nitrogens with one attached hydrogen (secondary N) is 2. The summed E-state index contributed by atoms with van der Waals surface area (Å²) in [6.45, 7) is 4.14. The summed E-state index contributed by atoms with van der Waals surface area (Å²) >= 11 is 0. The van der Waals surface area contributed by atoms with Crippen LogP contribution in [0.4, 0.5) is 0 Å². The number of benzene rings is 1. The number of amides is 2. The van der Waals surface area contributed by atoms with Crippen LogP contribution in [0.2, 0.25) is 0 Å². The molecule has 1 rings (SSSR count). The Hall–Kier alpha value is -2.08. The van der Waals surface area contributed by atoms with E-state index in [9.17, 15) is 9.59 Å². The average molecular weight is 308 g/mol. The van der Waals surface area contributed by atoms with Gasteiger partial charge in [-0.05, 0) is 36.6 Å². The highest BCUT2D eigenvalue weighted by atomic mass is 16.5. The van der Waals surface area contributed by atoms with Gasteiger partial charge in [0.15, 0.2) is 0 Å². The van der Waals surface area contributed by atoms with E-state index < -0.39 is 6.04 Å². The fourth-order valence-corrected chi connectivity index (χ4v) is 1.90. The molecule has 6 heteroatoms. The molecule has 1 atom stereocenters. The van der Waals surface area contributed by atoms with E-state index in [1.807, 2.05) is 13.8 Å². The summed E-state index contributed by atoms with van der Waals surface area (Å²) in [7, 11) is 1.56. The summed E-state index contributed by atoms with van der Waals surface area (Å²) in [5, 5.41) is 14.2. The van der Waals surface area contributed by atoms with E-state index in [1.54, 1.807) is 31.4 Å². The quantitative estimate of drug-likeness (QED) is 0.624. The Balaban J connectivity index is 2.68. The second-order valence-electron chi connectivity index (χ2n) is 5.29. The van der Waals surface area contributed by atoms with Crippen molar-refractivity contribution in [1.82, 2.24) is 10.6 Å². The molecule has 1 aromatic carbocycles. The molecule has 0 aromatic heterocycles. The first-order chi connectivity index (χ1) is 10.5. The van der Waals surface area contributed by atoms with Crippen molar-refractivity contribution < 1.29 is 19.4 Å². The molecule has 0 fully saturated rings. The molecule has 6 nitrogen and oxygen atoms in total. The Morgan fingerprint density at radius 2 is 1.86 bits per heavy atom. The zero-order valence-corrected chi connectivity index (χ0v) is 13.3. The van der Waals surface area contributed by atoms with Crippen molar-refractivity contribution in [3.8, 4) is 5.75 Å². The predicted molar refractivity (Wildman–Crippen MR) is 83.8 cm³/mol. The molecule has 122 valence electrons. The highest BCUT2D eigenvalue weighted by Crippen LogP contribution is 2.12. The number of rotatable bonds is 8. The lowest BCUT2D eigenvalue weighted by atomic mass is 10.0. The van der Waals surface area contributed by atoms with Crippen LogP contribution in [-0.2, 0) is 4.79 Å². The third-order valence-corrected chi connectivity index (χ3v) is 3.22. The summed E-state index contributed by atoms with van der Waals surface area (Å²) in [6.07, 6.45) is 0.489. The minimum Gasteiger partial charge on any atom is -0.497 e. The molecular weight excluding hydrogens is 284 g/mol. The van der Waals surface area contributed by atoms with Gasteiger partial charge in [-0.15, -0.1) is 0 Å². The van der Waals surface area contributed by atoms with Crippen molar-refractivity contribution in [3.05, 3.63) is 29.8 Å². The predicted octanol–water partition coefficient (Wildman–Crippen LogP) is 0.948. The minimum absolute atomic E-state index is 0.0187. The van der Waals surface area contributed by atoms with Crippen LogP contribution in [0.1, 0.15) is 30.6 Å².